The molecule has 1 saturated heterocycles. The number of benzene rings is 1. The largest absolute Gasteiger partial charge is 0.334 e. The Hall–Kier alpha value is -1.47. The van der Waals surface area contributed by atoms with Crippen LogP contribution < -0.4 is 5.73 Å². The van der Waals surface area contributed by atoms with Gasteiger partial charge in [0.05, 0.1) is 16.5 Å². The standard InChI is InChI=1S/C12H14BrN3O3/c1-2-15-11(17)6-9(14)12(15)8-4-3-7(13)5-10(8)16(18)19/h3-5,9,12H,2,6,14H2,1H3. The molecule has 1 aliphatic heterocycles. The normalized spacial score (nSPS) is 22.9. The molecule has 6 nitrogen and oxygen atoms in total. The minimum atomic E-state index is -0.441. The lowest BCUT2D eigenvalue weighted by molar-refractivity contribution is -0.386. The molecule has 0 saturated carbocycles. The van der Waals surface area contributed by atoms with Gasteiger partial charge in [-0.3, -0.25) is 14.9 Å². The molecule has 1 fully saturated rings. The summed E-state index contributed by atoms with van der Waals surface area (Å²) in [6.07, 6.45) is 0.228. The van der Waals surface area contributed by atoms with Gasteiger partial charge in [0, 0.05) is 29.5 Å². The summed E-state index contributed by atoms with van der Waals surface area (Å²) >= 11 is 3.22. The molecule has 0 radical (unpaired) electrons. The number of hydrogen-bond donors (Lipinski definition) is 1. The van der Waals surface area contributed by atoms with Gasteiger partial charge in [0.15, 0.2) is 0 Å². The molecule has 0 aromatic heterocycles. The van der Waals surface area contributed by atoms with Gasteiger partial charge in [-0.15, -0.1) is 0 Å². The van der Waals surface area contributed by atoms with E-state index in [1.165, 1.54) is 6.07 Å². The van der Waals surface area contributed by atoms with Crippen LogP contribution in [-0.4, -0.2) is 28.3 Å². The maximum atomic E-state index is 11.8. The number of carbonyl (C=O) groups excluding carboxylic acids is 1. The molecule has 1 aromatic carbocycles. The van der Waals surface area contributed by atoms with Gasteiger partial charge in [-0.1, -0.05) is 15.9 Å². The van der Waals surface area contributed by atoms with Crippen LogP contribution in [-0.2, 0) is 4.79 Å². The van der Waals surface area contributed by atoms with Crippen molar-refractivity contribution >= 4 is 27.5 Å². The summed E-state index contributed by atoms with van der Waals surface area (Å²) in [4.78, 5) is 24.1. The van der Waals surface area contributed by atoms with Crippen molar-refractivity contribution < 1.29 is 9.72 Å². The first kappa shape index (κ1) is 14.0. The molecule has 2 N–H and O–H groups in total. The van der Waals surface area contributed by atoms with Crippen LogP contribution in [0.5, 0.6) is 0 Å². The van der Waals surface area contributed by atoms with E-state index in [1.54, 1.807) is 17.0 Å². The summed E-state index contributed by atoms with van der Waals surface area (Å²) in [5, 5.41) is 11.2. The molecule has 2 atom stereocenters. The van der Waals surface area contributed by atoms with Gasteiger partial charge in [0.2, 0.25) is 5.91 Å². The summed E-state index contributed by atoms with van der Waals surface area (Å²) in [7, 11) is 0. The number of hydrogen-bond acceptors (Lipinski definition) is 4. The lowest BCUT2D eigenvalue weighted by Crippen LogP contribution is -2.33. The second-order valence-corrected chi connectivity index (χ2v) is 5.37. The van der Waals surface area contributed by atoms with Gasteiger partial charge in [0.25, 0.3) is 5.69 Å². The molecule has 102 valence electrons. The molecule has 2 unspecified atom stereocenters. The number of carbonyl (C=O) groups is 1. The Kier molecular flexibility index (Phi) is 3.86. The first-order valence-corrected chi connectivity index (χ1v) is 6.74. The summed E-state index contributed by atoms with van der Waals surface area (Å²) in [5.41, 5.74) is 6.46. The first-order chi connectivity index (χ1) is 8.95. The number of nitro groups is 1. The minimum absolute atomic E-state index is 0.0111. The van der Waals surface area contributed by atoms with Crippen LogP contribution in [0.1, 0.15) is 24.9 Å². The second-order valence-electron chi connectivity index (χ2n) is 4.45. The van der Waals surface area contributed by atoms with Crippen molar-refractivity contribution in [2.24, 2.45) is 5.73 Å². The lowest BCUT2D eigenvalue weighted by Gasteiger charge is -2.25. The number of likely N-dealkylation sites (N-methyl/N-ethyl adjacent to an activating group) is 1. The van der Waals surface area contributed by atoms with Crippen LogP contribution in [0.2, 0.25) is 0 Å². The maximum Gasteiger partial charge on any atom is 0.275 e. The van der Waals surface area contributed by atoms with E-state index in [4.69, 9.17) is 5.73 Å². The fraction of sp³-hybridized carbons (Fsp3) is 0.417. The number of amides is 1. The molecule has 0 bridgehead atoms. The van der Waals surface area contributed by atoms with Crippen LogP contribution in [0.3, 0.4) is 0 Å². The van der Waals surface area contributed by atoms with Crippen LogP contribution >= 0.6 is 15.9 Å². The average Bonchev–Trinajstić information content (AvgIpc) is 2.63. The molecule has 2 rings (SSSR count). The molecule has 7 heteroatoms. The number of nitrogens with zero attached hydrogens (tertiary/aromatic N) is 2. The molecule has 1 heterocycles. The van der Waals surface area contributed by atoms with Gasteiger partial charge in [0.1, 0.15) is 0 Å². The highest BCUT2D eigenvalue weighted by atomic mass is 79.9. The molecule has 1 amide bonds. The van der Waals surface area contributed by atoms with E-state index in [0.717, 1.165) is 0 Å². The number of likely N-dealkylation sites (tertiary alicyclic amines) is 1. The molecule has 1 aliphatic rings. The zero-order valence-corrected chi connectivity index (χ0v) is 12.0. The minimum Gasteiger partial charge on any atom is -0.334 e. The molecule has 1 aromatic rings. The highest BCUT2D eigenvalue weighted by molar-refractivity contribution is 9.10. The fourth-order valence-electron chi connectivity index (χ4n) is 2.51. The number of nitro benzene ring substituents is 1. The average molecular weight is 328 g/mol. The van der Waals surface area contributed by atoms with E-state index < -0.39 is 17.0 Å². The van der Waals surface area contributed by atoms with Gasteiger partial charge in [-0.25, -0.2) is 0 Å². The Morgan fingerprint density at radius 1 is 1.58 bits per heavy atom. The third-order valence-electron chi connectivity index (χ3n) is 3.32. The number of nitrogens with two attached hydrogens (primary N) is 1. The Morgan fingerprint density at radius 3 is 2.84 bits per heavy atom. The summed E-state index contributed by atoms with van der Waals surface area (Å²) < 4.78 is 0.629. The smallest absolute Gasteiger partial charge is 0.275 e. The molecule has 0 spiro atoms. The third kappa shape index (κ3) is 2.48. The summed E-state index contributed by atoms with van der Waals surface area (Å²) in [6.45, 7) is 2.33. The summed E-state index contributed by atoms with van der Waals surface area (Å²) in [6, 6.07) is 4.00. The van der Waals surface area contributed by atoms with Crippen molar-refractivity contribution in [2.75, 3.05) is 6.54 Å². The predicted octanol–water partition coefficient (Wildman–Crippen LogP) is 1.98. The quantitative estimate of drug-likeness (QED) is 0.679. The van der Waals surface area contributed by atoms with Crippen molar-refractivity contribution in [1.82, 2.24) is 4.90 Å². The van der Waals surface area contributed by atoms with Gasteiger partial charge in [-0.05, 0) is 19.1 Å². The SMILES string of the molecule is CCN1C(=O)CC(N)C1c1ccc(Br)cc1[N+](=O)[O-]. The lowest BCUT2D eigenvalue weighted by atomic mass is 9.99. The molecular weight excluding hydrogens is 314 g/mol. The Labute approximate surface area is 118 Å². The van der Waals surface area contributed by atoms with Crippen LogP contribution in [0, 0.1) is 10.1 Å². The van der Waals surface area contributed by atoms with Crippen molar-refractivity contribution in [3.8, 4) is 0 Å². The molecular formula is C12H14BrN3O3. The van der Waals surface area contributed by atoms with Gasteiger partial charge < -0.3 is 10.6 Å². The van der Waals surface area contributed by atoms with Crippen LogP contribution in [0.25, 0.3) is 0 Å². The zero-order chi connectivity index (χ0) is 14.2. The monoisotopic (exact) mass is 327 g/mol. The molecule has 0 aliphatic carbocycles. The van der Waals surface area contributed by atoms with Crippen molar-refractivity contribution in [3.05, 3.63) is 38.3 Å². The highest BCUT2D eigenvalue weighted by Gasteiger charge is 2.40. The van der Waals surface area contributed by atoms with Gasteiger partial charge >= 0.3 is 0 Å². The van der Waals surface area contributed by atoms with E-state index in [-0.39, 0.29) is 18.0 Å². The van der Waals surface area contributed by atoms with E-state index in [0.29, 0.717) is 16.6 Å². The van der Waals surface area contributed by atoms with E-state index in [9.17, 15) is 14.9 Å². The van der Waals surface area contributed by atoms with Crippen molar-refractivity contribution in [2.45, 2.75) is 25.4 Å². The van der Waals surface area contributed by atoms with Gasteiger partial charge in [-0.2, -0.15) is 0 Å². The maximum absolute atomic E-state index is 11.8. The Balaban J connectivity index is 2.51. The van der Waals surface area contributed by atoms with E-state index in [2.05, 4.69) is 15.9 Å². The Bertz CT molecular complexity index is 535. The van der Waals surface area contributed by atoms with Crippen LogP contribution in [0.15, 0.2) is 22.7 Å². The highest BCUT2D eigenvalue weighted by Crippen LogP contribution is 2.37. The second kappa shape index (κ2) is 5.26. The van der Waals surface area contributed by atoms with Crippen molar-refractivity contribution in [3.63, 3.8) is 0 Å². The third-order valence-corrected chi connectivity index (χ3v) is 3.81. The van der Waals surface area contributed by atoms with Crippen LogP contribution in [0.4, 0.5) is 5.69 Å². The molecule has 19 heavy (non-hydrogen) atoms. The number of rotatable bonds is 3. The zero-order valence-electron chi connectivity index (χ0n) is 10.4. The Morgan fingerprint density at radius 2 is 2.26 bits per heavy atom. The predicted molar refractivity (Wildman–Crippen MR) is 73.5 cm³/mol. The van der Waals surface area contributed by atoms with E-state index in [1.807, 2.05) is 6.92 Å². The summed E-state index contributed by atoms with van der Waals surface area (Å²) in [5.74, 6) is -0.0581. The van der Waals surface area contributed by atoms with E-state index >= 15 is 0 Å². The fourth-order valence-corrected chi connectivity index (χ4v) is 2.86. The first-order valence-electron chi connectivity index (χ1n) is 5.94. The number of halogens is 1. The van der Waals surface area contributed by atoms with Crippen molar-refractivity contribution in [1.29, 1.82) is 0 Å². The topological polar surface area (TPSA) is 89.5 Å².